The zero-order valence-corrected chi connectivity index (χ0v) is 24.1. The van der Waals surface area contributed by atoms with Crippen LogP contribution in [0.1, 0.15) is 59.4 Å². The van der Waals surface area contributed by atoms with Crippen molar-refractivity contribution >= 4 is 40.7 Å². The van der Waals surface area contributed by atoms with Crippen LogP contribution in [-0.4, -0.2) is 47.3 Å². The van der Waals surface area contributed by atoms with Gasteiger partial charge in [0.2, 0.25) is 11.8 Å². The normalized spacial score (nSPS) is 33.8. The number of nitrogens with one attached hydrogen (secondary N) is 3. The van der Waals surface area contributed by atoms with Gasteiger partial charge in [-0.3, -0.25) is 9.59 Å². The molecule has 2 aliphatic heterocycles. The molecule has 1 unspecified atom stereocenters. The van der Waals surface area contributed by atoms with Gasteiger partial charge in [-0.15, -0.1) is 0 Å². The number of anilines is 1. The molecule has 1 spiro atoms. The molecule has 2 heterocycles. The van der Waals surface area contributed by atoms with Crippen LogP contribution in [0, 0.1) is 17.3 Å². The van der Waals surface area contributed by atoms with Crippen LogP contribution in [0.3, 0.4) is 0 Å². The summed E-state index contributed by atoms with van der Waals surface area (Å²) in [7, 11) is 0. The highest BCUT2D eigenvalue weighted by molar-refractivity contribution is 6.31. The number of amides is 2. The highest BCUT2D eigenvalue weighted by atomic mass is 35.5. The van der Waals surface area contributed by atoms with Crippen molar-refractivity contribution in [1.82, 2.24) is 10.6 Å². The molecule has 1 aliphatic carbocycles. The van der Waals surface area contributed by atoms with E-state index in [9.17, 15) is 19.1 Å². The molecule has 0 bridgehead atoms. The molecule has 1 saturated heterocycles. The molecule has 0 aromatic heterocycles. The molecule has 5 atom stereocenters. The molecule has 4 rings (SSSR count). The smallest absolute Gasteiger partial charge is 0.237 e. The maximum atomic E-state index is 14.1. The number of carbonyl (C=O) groups excluding carboxylic acids is 2. The quantitative estimate of drug-likeness (QED) is 0.340. The predicted molar refractivity (Wildman–Crippen MR) is 150 cm³/mol. The first-order chi connectivity index (χ1) is 17.7. The molecule has 4 N–H and O–H groups in total. The van der Waals surface area contributed by atoms with E-state index in [1.807, 2.05) is 19.1 Å². The molecule has 1 aromatic rings. The SMILES string of the molecule is CC(/C=C\C=C(\Cl)CF)[C@H]1[C@H](C(=O)N[C@H]2C[C@@](C)(O)C2)N[C@@H](CC(C)(C)C)[C@@]12C(=O)Nc1cc(Cl)ccc12. The molecule has 3 aliphatic rings. The van der Waals surface area contributed by atoms with Gasteiger partial charge in [0.15, 0.2) is 0 Å². The summed E-state index contributed by atoms with van der Waals surface area (Å²) in [6.07, 6.45) is 6.66. The number of hydrogen-bond acceptors (Lipinski definition) is 4. The van der Waals surface area contributed by atoms with Crippen LogP contribution in [-0.2, 0) is 15.0 Å². The van der Waals surface area contributed by atoms with Crippen molar-refractivity contribution in [3.8, 4) is 0 Å². The van der Waals surface area contributed by atoms with Crippen LogP contribution < -0.4 is 16.0 Å². The van der Waals surface area contributed by atoms with Gasteiger partial charge in [-0.05, 0) is 61.3 Å². The van der Waals surface area contributed by atoms with Gasteiger partial charge in [0.1, 0.15) is 6.67 Å². The van der Waals surface area contributed by atoms with E-state index in [2.05, 4.69) is 36.7 Å². The first-order valence-corrected chi connectivity index (χ1v) is 13.9. The van der Waals surface area contributed by atoms with Crippen molar-refractivity contribution < 1.29 is 19.1 Å². The predicted octanol–water partition coefficient (Wildman–Crippen LogP) is 5.24. The molecule has 9 heteroatoms. The average Bonchev–Trinajstić information content (AvgIpc) is 3.26. The number of alkyl halides is 1. The highest BCUT2D eigenvalue weighted by Crippen LogP contribution is 2.55. The van der Waals surface area contributed by atoms with Crippen molar-refractivity contribution in [2.75, 3.05) is 12.0 Å². The molecule has 1 saturated carbocycles. The van der Waals surface area contributed by atoms with Crippen molar-refractivity contribution in [3.63, 3.8) is 0 Å². The van der Waals surface area contributed by atoms with E-state index in [0.29, 0.717) is 30.0 Å². The third-order valence-electron chi connectivity index (χ3n) is 8.07. The summed E-state index contributed by atoms with van der Waals surface area (Å²) in [4.78, 5) is 27.9. The molecule has 1 aromatic carbocycles. The Morgan fingerprint density at radius 2 is 2.03 bits per heavy atom. The Kier molecular flexibility index (Phi) is 8.08. The van der Waals surface area contributed by atoms with Crippen LogP contribution in [0.4, 0.5) is 10.1 Å². The topological polar surface area (TPSA) is 90.5 Å². The van der Waals surface area contributed by atoms with Crippen LogP contribution >= 0.6 is 23.2 Å². The van der Waals surface area contributed by atoms with Crippen molar-refractivity contribution in [3.05, 3.63) is 52.0 Å². The lowest BCUT2D eigenvalue weighted by molar-refractivity contribution is -0.128. The standard InChI is InChI=1S/C29H38Cl2FN3O3/c1-16(7-6-8-18(31)15-32)23-24(25(36)33-19-12-28(5,38)13-19)35-22(14-27(2,3)4)29(23)20-10-9-17(30)11-21(20)34-26(29)37/h6-11,16,19,22-24,35,38H,12-15H2,1-5H3,(H,33,36)(H,34,37)/b7-6-,18-8+/t16?,19-,22-,23-,24+,28+,29+/m0/s1. The lowest BCUT2D eigenvalue weighted by Crippen LogP contribution is -2.58. The van der Waals surface area contributed by atoms with Gasteiger partial charge in [-0.25, -0.2) is 4.39 Å². The number of carbonyl (C=O) groups is 2. The largest absolute Gasteiger partial charge is 0.390 e. The second kappa shape index (κ2) is 10.6. The van der Waals surface area contributed by atoms with E-state index >= 15 is 0 Å². The fourth-order valence-corrected chi connectivity index (χ4v) is 6.88. The molecule has 2 amide bonds. The number of benzene rings is 1. The molecule has 38 heavy (non-hydrogen) atoms. The van der Waals surface area contributed by atoms with Gasteiger partial charge in [0.25, 0.3) is 0 Å². The van der Waals surface area contributed by atoms with E-state index in [-0.39, 0.29) is 40.3 Å². The second-order valence-corrected chi connectivity index (χ2v) is 13.5. The lowest BCUT2D eigenvalue weighted by Gasteiger charge is -2.42. The average molecular weight is 567 g/mol. The van der Waals surface area contributed by atoms with Gasteiger partial charge >= 0.3 is 0 Å². The molecule has 6 nitrogen and oxygen atoms in total. The summed E-state index contributed by atoms with van der Waals surface area (Å²) in [6, 6.07) is 4.28. The minimum Gasteiger partial charge on any atom is -0.390 e. The van der Waals surface area contributed by atoms with Crippen LogP contribution in [0.15, 0.2) is 41.5 Å². The molecule has 2 fully saturated rings. The Hall–Kier alpha value is -1.93. The second-order valence-electron chi connectivity index (χ2n) is 12.6. The van der Waals surface area contributed by atoms with Gasteiger partial charge in [-0.2, -0.15) is 0 Å². The summed E-state index contributed by atoms with van der Waals surface area (Å²) in [5.74, 6) is -1.09. The van der Waals surface area contributed by atoms with E-state index < -0.39 is 29.7 Å². The molecule has 208 valence electrons. The molecular formula is C29H38Cl2FN3O3. The Morgan fingerprint density at radius 3 is 2.63 bits per heavy atom. The first kappa shape index (κ1) is 29.1. The van der Waals surface area contributed by atoms with E-state index in [1.165, 1.54) is 6.08 Å². The van der Waals surface area contributed by atoms with Crippen LogP contribution in [0.5, 0.6) is 0 Å². The maximum absolute atomic E-state index is 14.1. The number of rotatable bonds is 7. The van der Waals surface area contributed by atoms with Crippen LogP contribution in [0.2, 0.25) is 5.02 Å². The number of hydrogen-bond donors (Lipinski definition) is 4. The third-order valence-corrected chi connectivity index (χ3v) is 8.53. The number of aliphatic hydroxyl groups is 1. The Morgan fingerprint density at radius 1 is 1.34 bits per heavy atom. The fourth-order valence-electron chi connectivity index (χ4n) is 6.64. The van der Waals surface area contributed by atoms with Crippen LogP contribution in [0.25, 0.3) is 0 Å². The van der Waals surface area contributed by atoms with Crippen molar-refractivity contribution in [1.29, 1.82) is 0 Å². The van der Waals surface area contributed by atoms with Crippen molar-refractivity contribution in [2.24, 2.45) is 17.3 Å². The lowest BCUT2D eigenvalue weighted by atomic mass is 9.61. The van der Waals surface area contributed by atoms with E-state index in [4.69, 9.17) is 23.2 Å². The zero-order valence-electron chi connectivity index (χ0n) is 22.6. The van der Waals surface area contributed by atoms with Gasteiger partial charge in [0.05, 0.1) is 17.1 Å². The number of halogens is 3. The summed E-state index contributed by atoms with van der Waals surface area (Å²) in [6.45, 7) is 9.30. The zero-order chi connectivity index (χ0) is 28.0. The Bertz CT molecular complexity index is 1150. The Labute approximate surface area is 234 Å². The first-order valence-electron chi connectivity index (χ1n) is 13.2. The van der Waals surface area contributed by atoms with E-state index in [1.54, 1.807) is 25.1 Å². The number of fused-ring (bicyclic) bond motifs is 2. The summed E-state index contributed by atoms with van der Waals surface area (Å²) in [5.41, 5.74) is -0.492. The summed E-state index contributed by atoms with van der Waals surface area (Å²) in [5, 5.41) is 20.5. The number of allylic oxidation sites excluding steroid dienone is 4. The minimum atomic E-state index is -1.04. The monoisotopic (exact) mass is 565 g/mol. The van der Waals surface area contributed by atoms with E-state index in [0.717, 1.165) is 5.56 Å². The summed E-state index contributed by atoms with van der Waals surface area (Å²) >= 11 is 12.2. The highest BCUT2D eigenvalue weighted by Gasteiger charge is 2.66. The van der Waals surface area contributed by atoms with Gasteiger partial charge in [0, 0.05) is 33.7 Å². The Balaban J connectivity index is 1.81. The maximum Gasteiger partial charge on any atom is 0.237 e. The van der Waals surface area contributed by atoms with Gasteiger partial charge < -0.3 is 21.1 Å². The molecule has 0 radical (unpaired) electrons. The fraction of sp³-hybridized carbons (Fsp3) is 0.586. The van der Waals surface area contributed by atoms with Gasteiger partial charge in [-0.1, -0.05) is 69.1 Å². The third kappa shape index (κ3) is 5.53. The minimum absolute atomic E-state index is 0.0724. The van der Waals surface area contributed by atoms with Crippen molar-refractivity contribution in [2.45, 2.75) is 83.0 Å². The summed E-state index contributed by atoms with van der Waals surface area (Å²) < 4.78 is 12.9. The molecular weight excluding hydrogens is 528 g/mol.